The van der Waals surface area contributed by atoms with E-state index in [-0.39, 0.29) is 10.0 Å². The van der Waals surface area contributed by atoms with Crippen LogP contribution in [0.2, 0.25) is 5.02 Å². The molecule has 0 aliphatic carbocycles. The molecule has 1 heterocycles. The van der Waals surface area contributed by atoms with Gasteiger partial charge in [0.05, 0.1) is 46.7 Å². The molecule has 0 aromatic heterocycles. The Hall–Kier alpha value is -2.55. The molecular formula is C19H18ClN5O3S2. The lowest BCUT2D eigenvalue weighted by molar-refractivity contribution is 0.0730. The van der Waals surface area contributed by atoms with E-state index < -0.39 is 10.0 Å². The molecule has 8 nitrogen and oxygen atoms in total. The lowest BCUT2D eigenvalue weighted by Crippen LogP contribution is -2.40. The molecule has 1 saturated heterocycles. The molecule has 3 rings (SSSR count). The summed E-state index contributed by atoms with van der Waals surface area (Å²) in [5, 5.41) is 16.1. The maximum Gasteiger partial charge on any atom is 0.243 e. The monoisotopic (exact) mass is 463 g/mol. The van der Waals surface area contributed by atoms with Gasteiger partial charge < -0.3 is 10.1 Å². The van der Waals surface area contributed by atoms with Crippen molar-refractivity contribution in [3.05, 3.63) is 58.6 Å². The molecule has 0 atom stereocenters. The van der Waals surface area contributed by atoms with Crippen molar-refractivity contribution in [3.8, 4) is 6.07 Å². The van der Waals surface area contributed by atoms with Crippen LogP contribution in [0.5, 0.6) is 0 Å². The molecule has 0 unspecified atom stereocenters. The van der Waals surface area contributed by atoms with Crippen molar-refractivity contribution in [3.63, 3.8) is 0 Å². The minimum Gasteiger partial charge on any atom is -0.379 e. The number of halogens is 1. The topological polar surface area (TPSA) is 107 Å². The van der Waals surface area contributed by atoms with Crippen LogP contribution in [0.4, 0.5) is 5.69 Å². The molecule has 2 aromatic rings. The molecule has 2 N–H and O–H groups in total. The maximum atomic E-state index is 12.8. The Kier molecular flexibility index (Phi) is 7.36. The van der Waals surface area contributed by atoms with Gasteiger partial charge in [0.25, 0.3) is 0 Å². The lowest BCUT2D eigenvalue weighted by atomic mass is 10.2. The van der Waals surface area contributed by atoms with Gasteiger partial charge in [-0.1, -0.05) is 23.7 Å². The first-order valence-corrected chi connectivity index (χ1v) is 11.1. The highest BCUT2D eigenvalue weighted by molar-refractivity contribution is 7.89. The summed E-state index contributed by atoms with van der Waals surface area (Å²) in [5.41, 5.74) is 4.32. The molecule has 30 heavy (non-hydrogen) atoms. The molecule has 0 radical (unpaired) electrons. The number of nitriles is 1. The number of ether oxygens (including phenoxy) is 1. The van der Waals surface area contributed by atoms with Crippen LogP contribution in [0.15, 0.2) is 52.5 Å². The Morgan fingerprint density at radius 3 is 2.60 bits per heavy atom. The van der Waals surface area contributed by atoms with Gasteiger partial charge in [0.1, 0.15) is 0 Å². The second-order valence-electron chi connectivity index (χ2n) is 6.22. The van der Waals surface area contributed by atoms with Crippen molar-refractivity contribution in [2.45, 2.75) is 4.90 Å². The number of nitrogens with one attached hydrogen (secondary N) is 2. The van der Waals surface area contributed by atoms with Gasteiger partial charge in [-0.05, 0) is 48.1 Å². The van der Waals surface area contributed by atoms with Gasteiger partial charge in [-0.3, -0.25) is 5.43 Å². The molecule has 1 aliphatic heterocycles. The van der Waals surface area contributed by atoms with Crippen LogP contribution in [-0.2, 0) is 14.8 Å². The number of hydrogen-bond donors (Lipinski definition) is 2. The Morgan fingerprint density at radius 1 is 1.23 bits per heavy atom. The Bertz CT molecular complexity index is 1090. The highest BCUT2D eigenvalue weighted by atomic mass is 35.5. The van der Waals surface area contributed by atoms with E-state index in [1.807, 2.05) is 6.07 Å². The summed E-state index contributed by atoms with van der Waals surface area (Å²) >= 11 is 11.4. The Labute approximate surface area is 185 Å². The molecule has 0 saturated carbocycles. The van der Waals surface area contributed by atoms with Gasteiger partial charge in [0, 0.05) is 13.1 Å². The van der Waals surface area contributed by atoms with Crippen molar-refractivity contribution in [1.29, 1.82) is 5.26 Å². The van der Waals surface area contributed by atoms with Crippen LogP contribution in [0.1, 0.15) is 11.1 Å². The number of morpholine rings is 1. The number of anilines is 1. The standard InChI is InChI=1S/C19H18ClN5O3S2/c20-17-6-5-16(30(26,27)25-7-9-28-10-8-25)11-18(17)23-19(29)24-22-13-15-3-1-14(12-21)2-4-15/h1-6,11,13H,7-10H2,(H2,23,24,29)/b22-13+. The van der Waals surface area contributed by atoms with E-state index in [1.54, 1.807) is 24.3 Å². The summed E-state index contributed by atoms with van der Waals surface area (Å²) in [6.45, 7) is 1.34. The number of hydrogen-bond acceptors (Lipinski definition) is 6. The fourth-order valence-electron chi connectivity index (χ4n) is 2.66. The average molecular weight is 464 g/mol. The maximum absolute atomic E-state index is 12.8. The molecular weight excluding hydrogens is 446 g/mol. The highest BCUT2D eigenvalue weighted by Gasteiger charge is 2.26. The lowest BCUT2D eigenvalue weighted by Gasteiger charge is -2.26. The third kappa shape index (κ3) is 5.53. The normalized spacial score (nSPS) is 14.9. The van der Waals surface area contributed by atoms with E-state index in [1.165, 1.54) is 28.7 Å². The summed E-state index contributed by atoms with van der Waals surface area (Å²) < 4.78 is 32.2. The van der Waals surface area contributed by atoms with Crippen molar-refractivity contribution >= 4 is 50.9 Å². The van der Waals surface area contributed by atoms with Crippen molar-refractivity contribution < 1.29 is 13.2 Å². The van der Waals surface area contributed by atoms with Crippen molar-refractivity contribution in [2.75, 3.05) is 31.6 Å². The Morgan fingerprint density at radius 2 is 1.93 bits per heavy atom. The van der Waals surface area contributed by atoms with Gasteiger partial charge in [0.15, 0.2) is 5.11 Å². The highest BCUT2D eigenvalue weighted by Crippen LogP contribution is 2.27. The molecule has 156 valence electrons. The fraction of sp³-hybridized carbons (Fsp3) is 0.211. The molecule has 0 amide bonds. The SMILES string of the molecule is N#Cc1ccc(/C=N/NC(=S)Nc2cc(S(=O)(=O)N3CCOCC3)ccc2Cl)cc1. The third-order valence-electron chi connectivity index (χ3n) is 4.21. The number of nitrogens with zero attached hydrogens (tertiary/aromatic N) is 3. The first kappa shape index (κ1) is 22.1. The summed E-state index contributed by atoms with van der Waals surface area (Å²) in [5.74, 6) is 0. The van der Waals surface area contributed by atoms with E-state index in [0.717, 1.165) is 5.56 Å². The molecule has 0 bridgehead atoms. The average Bonchev–Trinajstić information content (AvgIpc) is 2.76. The zero-order valence-electron chi connectivity index (χ0n) is 15.7. The molecule has 1 aliphatic rings. The summed E-state index contributed by atoms with van der Waals surface area (Å²) in [7, 11) is -3.66. The number of sulfonamides is 1. The van der Waals surface area contributed by atoms with Gasteiger partial charge in [0.2, 0.25) is 10.0 Å². The summed E-state index contributed by atoms with van der Waals surface area (Å²) in [6.07, 6.45) is 1.54. The first-order chi connectivity index (χ1) is 14.4. The number of rotatable bonds is 5. The van der Waals surface area contributed by atoms with Crippen molar-refractivity contribution in [2.24, 2.45) is 5.10 Å². The van der Waals surface area contributed by atoms with Crippen molar-refractivity contribution in [1.82, 2.24) is 9.73 Å². The molecule has 2 aromatic carbocycles. The van der Waals surface area contributed by atoms with Crippen LogP contribution in [-0.4, -0.2) is 50.4 Å². The summed E-state index contributed by atoms with van der Waals surface area (Å²) in [6, 6.07) is 13.3. The van der Waals surface area contributed by atoms with Gasteiger partial charge in [-0.15, -0.1) is 0 Å². The zero-order chi connectivity index (χ0) is 21.6. The molecule has 0 spiro atoms. The van der Waals surface area contributed by atoms with E-state index in [9.17, 15) is 8.42 Å². The predicted octanol–water partition coefficient (Wildman–Crippen LogP) is 2.55. The van der Waals surface area contributed by atoms with Crippen LogP contribution < -0.4 is 10.7 Å². The summed E-state index contributed by atoms with van der Waals surface area (Å²) in [4.78, 5) is 0.111. The van der Waals surface area contributed by atoms with Gasteiger partial charge in [-0.25, -0.2) is 8.42 Å². The minimum atomic E-state index is -3.66. The predicted molar refractivity (Wildman–Crippen MR) is 119 cm³/mol. The van der Waals surface area contributed by atoms with Gasteiger partial charge in [-0.2, -0.15) is 14.7 Å². The van der Waals surface area contributed by atoms with Crippen LogP contribution in [0, 0.1) is 11.3 Å². The number of thiocarbonyl (C=S) groups is 1. The third-order valence-corrected chi connectivity index (χ3v) is 6.63. The number of benzene rings is 2. The zero-order valence-corrected chi connectivity index (χ0v) is 18.1. The second-order valence-corrected chi connectivity index (χ2v) is 8.97. The van der Waals surface area contributed by atoms with E-state index in [4.69, 9.17) is 33.8 Å². The van der Waals surface area contributed by atoms with Crippen LogP contribution in [0.25, 0.3) is 0 Å². The van der Waals surface area contributed by atoms with E-state index in [2.05, 4.69) is 15.8 Å². The second kappa shape index (κ2) is 9.97. The largest absolute Gasteiger partial charge is 0.379 e. The van der Waals surface area contributed by atoms with Crippen LogP contribution >= 0.6 is 23.8 Å². The Balaban J connectivity index is 1.66. The first-order valence-electron chi connectivity index (χ1n) is 8.88. The smallest absolute Gasteiger partial charge is 0.243 e. The van der Waals surface area contributed by atoms with E-state index in [0.29, 0.717) is 42.6 Å². The quantitative estimate of drug-likeness (QED) is 0.398. The number of hydrazone groups is 1. The van der Waals surface area contributed by atoms with Crippen LogP contribution in [0.3, 0.4) is 0 Å². The minimum absolute atomic E-state index is 0.111. The van der Waals surface area contributed by atoms with E-state index >= 15 is 0 Å². The molecule has 11 heteroatoms. The van der Waals surface area contributed by atoms with Gasteiger partial charge >= 0.3 is 0 Å². The molecule has 1 fully saturated rings. The fourth-order valence-corrected chi connectivity index (χ4v) is 4.42.